The monoisotopic (exact) mass is 412 g/mol. The molecule has 0 atom stereocenters. The van der Waals surface area contributed by atoms with Crippen molar-refractivity contribution in [1.29, 1.82) is 0 Å². The molecular weight excluding hydrogens is 392 g/mol. The average molecular weight is 412 g/mol. The van der Waals surface area contributed by atoms with E-state index in [0.29, 0.717) is 10.9 Å². The topological polar surface area (TPSA) is 74.4 Å². The standard InChI is InChI=1S/C25H20N2O4/c1-31-24(28)15-12-20-17-26(23-14-13-21(27(29)30)16-22(20)23)25(18-8-4-2-5-9-18)19-10-6-3-7-11-19/h2-17,25H,1H3. The van der Waals surface area contributed by atoms with Crippen LogP contribution in [0.4, 0.5) is 5.69 Å². The predicted octanol–water partition coefficient (Wildman–Crippen LogP) is 5.37. The first-order valence-corrected chi connectivity index (χ1v) is 9.73. The number of esters is 1. The van der Waals surface area contributed by atoms with Crippen molar-refractivity contribution >= 4 is 28.6 Å². The Labute approximate surface area is 179 Å². The van der Waals surface area contributed by atoms with Crippen molar-refractivity contribution in [2.24, 2.45) is 0 Å². The maximum Gasteiger partial charge on any atom is 0.330 e. The van der Waals surface area contributed by atoms with E-state index in [0.717, 1.165) is 16.6 Å². The Morgan fingerprint density at radius 2 is 1.61 bits per heavy atom. The van der Waals surface area contributed by atoms with Crippen LogP contribution < -0.4 is 0 Å². The molecule has 1 heterocycles. The molecule has 0 fully saturated rings. The summed E-state index contributed by atoms with van der Waals surface area (Å²) in [4.78, 5) is 22.6. The van der Waals surface area contributed by atoms with Crippen LogP contribution in [0.15, 0.2) is 91.1 Å². The Balaban J connectivity index is 1.97. The van der Waals surface area contributed by atoms with Crippen molar-refractivity contribution in [3.8, 4) is 0 Å². The molecule has 0 spiro atoms. The SMILES string of the molecule is COC(=O)C=Cc1cn(C(c2ccccc2)c2ccccc2)c2ccc([N+](=O)[O-])cc12. The maximum atomic E-state index is 11.7. The molecule has 6 nitrogen and oxygen atoms in total. The number of hydrogen-bond acceptors (Lipinski definition) is 4. The van der Waals surface area contributed by atoms with E-state index in [1.165, 1.54) is 25.3 Å². The highest BCUT2D eigenvalue weighted by Crippen LogP contribution is 2.34. The van der Waals surface area contributed by atoms with E-state index >= 15 is 0 Å². The van der Waals surface area contributed by atoms with Crippen LogP contribution in [0.3, 0.4) is 0 Å². The molecule has 4 aromatic rings. The number of non-ortho nitro benzene ring substituents is 1. The molecule has 6 heteroatoms. The number of carbonyl (C=O) groups excluding carboxylic acids is 1. The molecule has 31 heavy (non-hydrogen) atoms. The van der Waals surface area contributed by atoms with Crippen LogP contribution in [0.25, 0.3) is 17.0 Å². The zero-order valence-electron chi connectivity index (χ0n) is 16.8. The molecule has 0 amide bonds. The zero-order valence-corrected chi connectivity index (χ0v) is 16.8. The van der Waals surface area contributed by atoms with Crippen molar-refractivity contribution in [2.45, 2.75) is 6.04 Å². The summed E-state index contributed by atoms with van der Waals surface area (Å²) in [6.07, 6.45) is 4.86. The van der Waals surface area contributed by atoms with Gasteiger partial charge in [-0.05, 0) is 23.3 Å². The summed E-state index contributed by atoms with van der Waals surface area (Å²) >= 11 is 0. The van der Waals surface area contributed by atoms with Gasteiger partial charge in [-0.3, -0.25) is 10.1 Å². The predicted molar refractivity (Wildman–Crippen MR) is 120 cm³/mol. The summed E-state index contributed by atoms with van der Waals surface area (Å²) in [5, 5.41) is 12.0. The molecule has 0 aliphatic rings. The fourth-order valence-corrected chi connectivity index (χ4v) is 3.74. The highest BCUT2D eigenvalue weighted by atomic mass is 16.6. The molecule has 154 valence electrons. The van der Waals surface area contributed by atoms with Gasteiger partial charge in [0.2, 0.25) is 0 Å². The smallest absolute Gasteiger partial charge is 0.330 e. The molecule has 0 saturated carbocycles. The van der Waals surface area contributed by atoms with Crippen LogP contribution in [0.1, 0.15) is 22.7 Å². The van der Waals surface area contributed by atoms with Crippen molar-refractivity contribution in [3.05, 3.63) is 118 Å². The fraction of sp³-hybridized carbons (Fsp3) is 0.0800. The Kier molecular flexibility index (Phi) is 5.62. The van der Waals surface area contributed by atoms with E-state index in [1.807, 2.05) is 42.6 Å². The number of nitrogens with zero attached hydrogens (tertiary/aromatic N) is 2. The van der Waals surface area contributed by atoms with E-state index in [9.17, 15) is 14.9 Å². The quantitative estimate of drug-likeness (QED) is 0.185. The molecule has 0 aliphatic carbocycles. The molecule has 0 aliphatic heterocycles. The van der Waals surface area contributed by atoms with Crippen LogP contribution in [-0.2, 0) is 9.53 Å². The Morgan fingerprint density at radius 3 is 2.16 bits per heavy atom. The second-order valence-corrected chi connectivity index (χ2v) is 7.03. The number of carbonyl (C=O) groups is 1. The van der Waals surface area contributed by atoms with Gasteiger partial charge in [-0.25, -0.2) is 4.79 Å². The van der Waals surface area contributed by atoms with Crippen LogP contribution >= 0.6 is 0 Å². The summed E-state index contributed by atoms with van der Waals surface area (Å²) < 4.78 is 6.78. The lowest BCUT2D eigenvalue weighted by molar-refractivity contribution is -0.384. The number of benzene rings is 3. The van der Waals surface area contributed by atoms with Crippen molar-refractivity contribution < 1.29 is 14.5 Å². The number of hydrogen-bond donors (Lipinski definition) is 0. The lowest BCUT2D eigenvalue weighted by Crippen LogP contribution is -2.11. The third-order valence-electron chi connectivity index (χ3n) is 5.17. The minimum atomic E-state index is -0.492. The van der Waals surface area contributed by atoms with E-state index in [1.54, 1.807) is 12.1 Å². The van der Waals surface area contributed by atoms with Crippen LogP contribution in [0, 0.1) is 10.1 Å². The minimum absolute atomic E-state index is 0.00561. The molecule has 4 rings (SSSR count). The van der Waals surface area contributed by atoms with Gasteiger partial charge in [0.1, 0.15) is 0 Å². The molecule has 0 saturated heterocycles. The largest absolute Gasteiger partial charge is 0.466 e. The summed E-state index contributed by atoms with van der Waals surface area (Å²) in [6.45, 7) is 0. The Bertz CT molecular complexity index is 1220. The fourth-order valence-electron chi connectivity index (χ4n) is 3.74. The summed E-state index contributed by atoms with van der Waals surface area (Å²) in [7, 11) is 1.31. The van der Waals surface area contributed by atoms with E-state index in [-0.39, 0.29) is 11.7 Å². The minimum Gasteiger partial charge on any atom is -0.466 e. The normalized spacial score (nSPS) is 11.3. The van der Waals surface area contributed by atoms with Gasteiger partial charge >= 0.3 is 5.97 Å². The number of methoxy groups -OCH3 is 1. The molecule has 3 aromatic carbocycles. The third-order valence-corrected chi connectivity index (χ3v) is 5.17. The first-order chi connectivity index (χ1) is 15.1. The number of aromatic nitrogens is 1. The highest BCUT2D eigenvalue weighted by Gasteiger charge is 2.21. The molecule has 0 bridgehead atoms. The van der Waals surface area contributed by atoms with Gasteiger partial charge in [0.25, 0.3) is 5.69 Å². The highest BCUT2D eigenvalue weighted by molar-refractivity contribution is 5.95. The number of ether oxygens (including phenoxy) is 1. The van der Waals surface area contributed by atoms with Gasteiger partial charge in [0, 0.05) is 40.9 Å². The molecular formula is C25H20N2O4. The van der Waals surface area contributed by atoms with Gasteiger partial charge in [0.15, 0.2) is 0 Å². The van der Waals surface area contributed by atoms with Crippen molar-refractivity contribution in [2.75, 3.05) is 7.11 Å². The van der Waals surface area contributed by atoms with Gasteiger partial charge in [-0.15, -0.1) is 0 Å². The van der Waals surface area contributed by atoms with E-state index < -0.39 is 10.9 Å². The number of nitro groups is 1. The molecule has 0 N–H and O–H groups in total. The third kappa shape index (κ3) is 4.09. The summed E-state index contributed by atoms with van der Waals surface area (Å²) in [5.74, 6) is -0.492. The van der Waals surface area contributed by atoms with Crippen molar-refractivity contribution in [1.82, 2.24) is 4.57 Å². The average Bonchev–Trinajstić information content (AvgIpc) is 3.16. The second kappa shape index (κ2) is 8.67. The van der Waals surface area contributed by atoms with Gasteiger partial charge < -0.3 is 9.30 Å². The van der Waals surface area contributed by atoms with Crippen LogP contribution in [-0.4, -0.2) is 22.6 Å². The van der Waals surface area contributed by atoms with Gasteiger partial charge in [0.05, 0.1) is 18.1 Å². The van der Waals surface area contributed by atoms with Gasteiger partial charge in [-0.2, -0.15) is 0 Å². The van der Waals surface area contributed by atoms with Crippen LogP contribution in [0.5, 0.6) is 0 Å². The number of fused-ring (bicyclic) bond motifs is 1. The Hall–Kier alpha value is -4.19. The Morgan fingerprint density at radius 1 is 1.00 bits per heavy atom. The molecule has 1 aromatic heterocycles. The lowest BCUT2D eigenvalue weighted by Gasteiger charge is -2.21. The van der Waals surface area contributed by atoms with Crippen LogP contribution in [0.2, 0.25) is 0 Å². The lowest BCUT2D eigenvalue weighted by atomic mass is 9.98. The van der Waals surface area contributed by atoms with Crippen molar-refractivity contribution in [3.63, 3.8) is 0 Å². The number of rotatable bonds is 6. The second-order valence-electron chi connectivity index (χ2n) is 7.03. The molecule has 0 radical (unpaired) electrons. The zero-order chi connectivity index (χ0) is 21.8. The molecule has 0 unspecified atom stereocenters. The first-order valence-electron chi connectivity index (χ1n) is 9.73. The first kappa shape index (κ1) is 20.1. The van der Waals surface area contributed by atoms with E-state index in [4.69, 9.17) is 4.74 Å². The number of nitro benzene ring substituents is 1. The van der Waals surface area contributed by atoms with Gasteiger partial charge in [-0.1, -0.05) is 60.7 Å². The summed E-state index contributed by atoms with van der Waals surface area (Å²) in [5.41, 5.74) is 3.67. The summed E-state index contributed by atoms with van der Waals surface area (Å²) in [6, 6.07) is 24.7. The maximum absolute atomic E-state index is 11.7. The van der Waals surface area contributed by atoms with E-state index in [2.05, 4.69) is 28.8 Å².